The van der Waals surface area contributed by atoms with Crippen LogP contribution in [0.15, 0.2) is 48.8 Å². The van der Waals surface area contributed by atoms with E-state index >= 15 is 0 Å². The first-order chi connectivity index (χ1) is 12.0. The third-order valence-corrected chi connectivity index (χ3v) is 4.12. The molecule has 0 saturated carbocycles. The van der Waals surface area contributed by atoms with Gasteiger partial charge in [-0.15, -0.1) is 0 Å². The molecule has 25 heavy (non-hydrogen) atoms. The van der Waals surface area contributed by atoms with Crippen molar-refractivity contribution in [3.05, 3.63) is 82.1 Å². The highest BCUT2D eigenvalue weighted by molar-refractivity contribution is 6.33. The van der Waals surface area contributed by atoms with E-state index in [9.17, 15) is 9.18 Å². The van der Waals surface area contributed by atoms with Crippen LogP contribution in [-0.4, -0.2) is 20.7 Å². The van der Waals surface area contributed by atoms with Gasteiger partial charge in [-0.05, 0) is 42.3 Å². The second kappa shape index (κ2) is 7.44. The van der Waals surface area contributed by atoms with Crippen molar-refractivity contribution in [3.63, 3.8) is 0 Å². The average molecular weight is 359 g/mol. The number of carbonyl (C=O) groups excluding carboxylic acids is 1. The molecule has 0 radical (unpaired) electrons. The van der Waals surface area contributed by atoms with Crippen LogP contribution in [0.4, 0.5) is 4.39 Å². The molecular formula is C18H16ClFN4O. The summed E-state index contributed by atoms with van der Waals surface area (Å²) in [6.07, 6.45) is 3.33. The molecule has 1 N–H and O–H groups in total. The first-order valence-electron chi connectivity index (χ1n) is 7.69. The topological polar surface area (TPSA) is 59.8 Å². The zero-order valence-corrected chi connectivity index (χ0v) is 14.3. The summed E-state index contributed by atoms with van der Waals surface area (Å²) in [5.74, 6) is -0.590. The standard InChI is InChI=1S/C18H16ClFN4O/c1-12-16(18(25)22-10-13-6-8-21-9-7-13)17(19)24(23-12)11-14-2-4-15(20)5-3-14/h2-9H,10-11H2,1H3,(H,22,25). The Balaban J connectivity index is 1.74. The van der Waals surface area contributed by atoms with Crippen LogP contribution in [0.5, 0.6) is 0 Å². The molecule has 0 aliphatic carbocycles. The summed E-state index contributed by atoms with van der Waals surface area (Å²) in [7, 11) is 0. The number of hydrogen-bond donors (Lipinski definition) is 1. The van der Waals surface area contributed by atoms with Crippen molar-refractivity contribution in [2.75, 3.05) is 0 Å². The monoisotopic (exact) mass is 358 g/mol. The molecule has 0 atom stereocenters. The van der Waals surface area contributed by atoms with E-state index in [4.69, 9.17) is 11.6 Å². The van der Waals surface area contributed by atoms with Gasteiger partial charge >= 0.3 is 0 Å². The Morgan fingerprint density at radius 3 is 2.52 bits per heavy atom. The molecule has 0 aliphatic heterocycles. The van der Waals surface area contributed by atoms with E-state index in [1.54, 1.807) is 31.5 Å². The molecule has 128 valence electrons. The lowest BCUT2D eigenvalue weighted by Crippen LogP contribution is -2.23. The third kappa shape index (κ3) is 4.03. The quantitative estimate of drug-likeness (QED) is 0.760. The number of amides is 1. The van der Waals surface area contributed by atoms with Gasteiger partial charge in [-0.1, -0.05) is 23.7 Å². The maximum atomic E-state index is 13.0. The van der Waals surface area contributed by atoms with Gasteiger partial charge in [0, 0.05) is 18.9 Å². The van der Waals surface area contributed by atoms with Crippen molar-refractivity contribution >= 4 is 17.5 Å². The van der Waals surface area contributed by atoms with Gasteiger partial charge in [0.2, 0.25) is 0 Å². The van der Waals surface area contributed by atoms with Gasteiger partial charge in [0.15, 0.2) is 0 Å². The third-order valence-electron chi connectivity index (χ3n) is 3.74. The second-order valence-electron chi connectivity index (χ2n) is 5.57. The summed E-state index contributed by atoms with van der Waals surface area (Å²) >= 11 is 6.34. The molecule has 7 heteroatoms. The Labute approximate surface area is 149 Å². The summed E-state index contributed by atoms with van der Waals surface area (Å²) in [5.41, 5.74) is 2.67. The van der Waals surface area contributed by atoms with Crippen LogP contribution in [-0.2, 0) is 13.1 Å². The normalized spacial score (nSPS) is 10.7. The van der Waals surface area contributed by atoms with E-state index < -0.39 is 0 Å². The Kier molecular flexibility index (Phi) is 5.09. The molecule has 5 nitrogen and oxygen atoms in total. The highest BCUT2D eigenvalue weighted by Crippen LogP contribution is 2.21. The van der Waals surface area contributed by atoms with Crippen molar-refractivity contribution in [2.45, 2.75) is 20.0 Å². The predicted octanol–water partition coefficient (Wildman–Crippen LogP) is 3.36. The van der Waals surface area contributed by atoms with Crippen LogP contribution < -0.4 is 5.32 Å². The van der Waals surface area contributed by atoms with E-state index in [1.165, 1.54) is 16.8 Å². The minimum absolute atomic E-state index is 0.258. The SMILES string of the molecule is Cc1nn(Cc2ccc(F)cc2)c(Cl)c1C(=O)NCc1ccncc1. The maximum absolute atomic E-state index is 13.0. The lowest BCUT2D eigenvalue weighted by molar-refractivity contribution is 0.0950. The molecule has 3 aromatic rings. The number of aryl methyl sites for hydroxylation is 1. The van der Waals surface area contributed by atoms with E-state index in [-0.39, 0.29) is 16.9 Å². The van der Waals surface area contributed by atoms with Gasteiger partial charge < -0.3 is 5.32 Å². The molecule has 1 amide bonds. The number of nitrogens with zero attached hydrogens (tertiary/aromatic N) is 3. The molecular weight excluding hydrogens is 343 g/mol. The minimum Gasteiger partial charge on any atom is -0.348 e. The number of hydrogen-bond acceptors (Lipinski definition) is 3. The number of benzene rings is 1. The molecule has 0 saturated heterocycles. The van der Waals surface area contributed by atoms with E-state index in [1.807, 2.05) is 12.1 Å². The number of pyridine rings is 1. The van der Waals surface area contributed by atoms with Gasteiger partial charge in [-0.3, -0.25) is 9.78 Å². The fraction of sp³-hybridized carbons (Fsp3) is 0.167. The number of nitrogens with one attached hydrogen (secondary N) is 1. The Morgan fingerprint density at radius 1 is 1.16 bits per heavy atom. The zero-order valence-electron chi connectivity index (χ0n) is 13.5. The van der Waals surface area contributed by atoms with E-state index in [0.29, 0.717) is 24.3 Å². The highest BCUT2D eigenvalue weighted by Gasteiger charge is 2.20. The van der Waals surface area contributed by atoms with Crippen molar-refractivity contribution in [3.8, 4) is 0 Å². The van der Waals surface area contributed by atoms with Gasteiger partial charge in [-0.25, -0.2) is 9.07 Å². The first-order valence-corrected chi connectivity index (χ1v) is 8.07. The Bertz CT molecular complexity index is 878. The summed E-state index contributed by atoms with van der Waals surface area (Å²) in [6.45, 7) is 2.46. The fourth-order valence-electron chi connectivity index (χ4n) is 2.45. The van der Waals surface area contributed by atoms with Crippen molar-refractivity contribution < 1.29 is 9.18 Å². The van der Waals surface area contributed by atoms with Gasteiger partial charge in [-0.2, -0.15) is 5.10 Å². The van der Waals surface area contributed by atoms with E-state index in [0.717, 1.165) is 11.1 Å². The van der Waals surface area contributed by atoms with Crippen LogP contribution >= 0.6 is 11.6 Å². The summed E-state index contributed by atoms with van der Waals surface area (Å²) in [4.78, 5) is 16.4. The predicted molar refractivity (Wildman–Crippen MR) is 92.9 cm³/mol. The lowest BCUT2D eigenvalue weighted by Gasteiger charge is -2.06. The number of aromatic nitrogens is 3. The van der Waals surface area contributed by atoms with Crippen molar-refractivity contribution in [1.82, 2.24) is 20.1 Å². The van der Waals surface area contributed by atoms with Crippen LogP contribution in [0.2, 0.25) is 5.15 Å². The highest BCUT2D eigenvalue weighted by atomic mass is 35.5. The zero-order chi connectivity index (χ0) is 17.8. The molecule has 3 rings (SSSR count). The number of rotatable bonds is 5. The van der Waals surface area contributed by atoms with Crippen LogP contribution in [0, 0.1) is 12.7 Å². The molecule has 0 bridgehead atoms. The summed E-state index contributed by atoms with van der Waals surface area (Å²) in [5, 5.41) is 7.41. The largest absolute Gasteiger partial charge is 0.348 e. The minimum atomic E-state index is -0.303. The molecule has 0 unspecified atom stereocenters. The van der Waals surface area contributed by atoms with Crippen molar-refractivity contribution in [1.29, 1.82) is 0 Å². The summed E-state index contributed by atoms with van der Waals surface area (Å²) in [6, 6.07) is 9.72. The van der Waals surface area contributed by atoms with Gasteiger partial charge in [0.1, 0.15) is 11.0 Å². The van der Waals surface area contributed by atoms with Crippen LogP contribution in [0.25, 0.3) is 0 Å². The first kappa shape index (κ1) is 17.1. The molecule has 1 aromatic carbocycles. The molecule has 0 aliphatic rings. The lowest BCUT2D eigenvalue weighted by atomic mass is 10.2. The molecule has 2 heterocycles. The van der Waals surface area contributed by atoms with Crippen LogP contribution in [0.1, 0.15) is 27.2 Å². The van der Waals surface area contributed by atoms with Crippen molar-refractivity contribution in [2.24, 2.45) is 0 Å². The molecule has 0 fully saturated rings. The van der Waals surface area contributed by atoms with E-state index in [2.05, 4.69) is 15.4 Å². The molecule has 2 aromatic heterocycles. The smallest absolute Gasteiger partial charge is 0.256 e. The Morgan fingerprint density at radius 2 is 1.84 bits per heavy atom. The molecule has 0 spiro atoms. The summed E-state index contributed by atoms with van der Waals surface area (Å²) < 4.78 is 14.5. The maximum Gasteiger partial charge on any atom is 0.256 e. The number of halogens is 2. The Hall–Kier alpha value is -2.73. The van der Waals surface area contributed by atoms with Gasteiger partial charge in [0.25, 0.3) is 5.91 Å². The average Bonchev–Trinajstić information content (AvgIpc) is 2.89. The van der Waals surface area contributed by atoms with Crippen LogP contribution in [0.3, 0.4) is 0 Å². The fourth-order valence-corrected chi connectivity index (χ4v) is 2.77. The van der Waals surface area contributed by atoms with Gasteiger partial charge in [0.05, 0.1) is 17.8 Å². The number of carbonyl (C=O) groups is 1. The second-order valence-corrected chi connectivity index (χ2v) is 5.93.